The number of piperazine rings is 1. The molecule has 1 aromatic heterocycles. The Morgan fingerprint density at radius 2 is 1.22 bits per heavy atom. The number of hydrogen-bond donors (Lipinski definition) is 1. The van der Waals surface area contributed by atoms with Crippen molar-refractivity contribution in [2.24, 2.45) is 0 Å². The Kier molecular flexibility index (Phi) is 6.41. The van der Waals surface area contributed by atoms with Gasteiger partial charge in [0.15, 0.2) is 5.78 Å². The number of sulfonamides is 1. The SMILES string of the molecule is CC(=O)c1c(C)[nH]c(C(=O)N2CCN(S(=O)(=O)c3c(C)c(C)c(C)c(C)c3C)CC2)c1C. The molecule has 0 bridgehead atoms. The second-order valence-electron chi connectivity index (χ2n) is 8.83. The lowest BCUT2D eigenvalue weighted by molar-refractivity contribution is 0.0691. The summed E-state index contributed by atoms with van der Waals surface area (Å²) < 4.78 is 28.6. The Balaban J connectivity index is 1.85. The summed E-state index contributed by atoms with van der Waals surface area (Å²) in [6.07, 6.45) is 0. The molecule has 2 heterocycles. The Morgan fingerprint density at radius 3 is 1.66 bits per heavy atom. The maximum absolute atomic E-state index is 13.5. The normalized spacial score (nSPS) is 15.3. The number of aryl methyl sites for hydroxylation is 1. The van der Waals surface area contributed by atoms with Crippen LogP contribution < -0.4 is 0 Å². The molecule has 0 aliphatic carbocycles. The van der Waals surface area contributed by atoms with Crippen LogP contribution in [-0.2, 0) is 10.0 Å². The first kappa shape index (κ1) is 24.2. The van der Waals surface area contributed by atoms with Crippen molar-refractivity contribution >= 4 is 21.7 Å². The number of nitrogens with zero attached hydrogens (tertiary/aromatic N) is 2. The Labute approximate surface area is 190 Å². The molecule has 3 rings (SSSR count). The fourth-order valence-corrected chi connectivity index (χ4v) is 6.75. The third-order valence-electron chi connectivity index (χ3n) is 7.06. The van der Waals surface area contributed by atoms with E-state index in [9.17, 15) is 18.0 Å². The van der Waals surface area contributed by atoms with Crippen LogP contribution in [0.5, 0.6) is 0 Å². The zero-order valence-corrected chi connectivity index (χ0v) is 21.1. The van der Waals surface area contributed by atoms with Gasteiger partial charge in [0, 0.05) is 37.4 Å². The summed E-state index contributed by atoms with van der Waals surface area (Å²) in [5.74, 6) is -0.287. The van der Waals surface area contributed by atoms with Crippen molar-refractivity contribution in [1.82, 2.24) is 14.2 Å². The number of H-pyrrole nitrogens is 1. The van der Waals surface area contributed by atoms with Crippen LogP contribution in [0.25, 0.3) is 0 Å². The van der Waals surface area contributed by atoms with Crippen LogP contribution in [0, 0.1) is 48.5 Å². The van der Waals surface area contributed by atoms with Gasteiger partial charge in [-0.2, -0.15) is 4.31 Å². The number of carbonyl (C=O) groups excluding carboxylic acids is 2. The molecule has 0 unspecified atom stereocenters. The summed E-state index contributed by atoms with van der Waals surface area (Å²) in [7, 11) is -3.68. The van der Waals surface area contributed by atoms with Gasteiger partial charge in [0.2, 0.25) is 10.0 Å². The molecule has 0 spiro atoms. The Bertz CT molecular complexity index is 1190. The average Bonchev–Trinajstić information content (AvgIpc) is 3.04. The number of Topliss-reactive ketones (excluding diaryl/α,β-unsaturated/α-hetero) is 1. The van der Waals surface area contributed by atoms with Gasteiger partial charge in [0.1, 0.15) is 5.69 Å². The van der Waals surface area contributed by atoms with Crippen molar-refractivity contribution in [3.8, 4) is 0 Å². The second-order valence-corrected chi connectivity index (χ2v) is 10.7. The van der Waals surface area contributed by atoms with Gasteiger partial charge < -0.3 is 9.88 Å². The average molecular weight is 460 g/mol. The van der Waals surface area contributed by atoms with Gasteiger partial charge in [-0.25, -0.2) is 8.42 Å². The van der Waals surface area contributed by atoms with E-state index in [-0.39, 0.29) is 24.8 Å². The monoisotopic (exact) mass is 459 g/mol. The predicted octanol–water partition coefficient (Wildman–Crippen LogP) is 3.52. The molecule has 1 N–H and O–H groups in total. The summed E-state index contributed by atoms with van der Waals surface area (Å²) in [5.41, 5.74) is 6.97. The highest BCUT2D eigenvalue weighted by molar-refractivity contribution is 7.89. The molecule has 0 atom stereocenters. The first-order valence-electron chi connectivity index (χ1n) is 10.9. The second kappa shape index (κ2) is 8.48. The van der Waals surface area contributed by atoms with Gasteiger partial charge in [-0.3, -0.25) is 9.59 Å². The maximum Gasteiger partial charge on any atom is 0.270 e. The first-order valence-corrected chi connectivity index (χ1v) is 12.3. The van der Waals surface area contributed by atoms with E-state index in [0.717, 1.165) is 27.8 Å². The molecule has 1 aliphatic rings. The number of hydrogen-bond acceptors (Lipinski definition) is 4. The fourth-order valence-electron chi connectivity index (χ4n) is 4.76. The van der Waals surface area contributed by atoms with Gasteiger partial charge in [-0.05, 0) is 88.8 Å². The van der Waals surface area contributed by atoms with E-state index in [2.05, 4.69) is 4.98 Å². The van der Waals surface area contributed by atoms with Crippen molar-refractivity contribution in [3.63, 3.8) is 0 Å². The first-order chi connectivity index (χ1) is 14.8. The lowest BCUT2D eigenvalue weighted by Gasteiger charge is -2.35. The highest BCUT2D eigenvalue weighted by Gasteiger charge is 2.34. The topological polar surface area (TPSA) is 90.6 Å². The van der Waals surface area contributed by atoms with Crippen LogP contribution in [0.3, 0.4) is 0 Å². The molecule has 32 heavy (non-hydrogen) atoms. The number of nitrogens with one attached hydrogen (secondary N) is 1. The van der Waals surface area contributed by atoms with Crippen LogP contribution in [-0.4, -0.2) is 60.5 Å². The van der Waals surface area contributed by atoms with E-state index in [1.807, 2.05) is 34.6 Å². The number of amides is 1. The fraction of sp³-hybridized carbons (Fsp3) is 0.500. The predicted molar refractivity (Wildman–Crippen MR) is 125 cm³/mol. The quantitative estimate of drug-likeness (QED) is 0.709. The smallest absolute Gasteiger partial charge is 0.270 e. The highest BCUT2D eigenvalue weighted by atomic mass is 32.2. The van der Waals surface area contributed by atoms with E-state index in [1.165, 1.54) is 11.2 Å². The van der Waals surface area contributed by atoms with Crippen molar-refractivity contribution in [1.29, 1.82) is 0 Å². The summed E-state index contributed by atoms with van der Waals surface area (Å²) >= 11 is 0. The third kappa shape index (κ3) is 3.79. The van der Waals surface area contributed by atoms with E-state index >= 15 is 0 Å². The molecule has 0 radical (unpaired) electrons. The van der Waals surface area contributed by atoms with E-state index in [0.29, 0.717) is 40.5 Å². The maximum atomic E-state index is 13.5. The molecule has 1 fully saturated rings. The summed E-state index contributed by atoms with van der Waals surface area (Å²) in [6, 6.07) is 0. The number of benzene rings is 1. The number of carbonyl (C=O) groups is 2. The molecular formula is C24H33N3O4S. The minimum absolute atomic E-state index is 0.0827. The molecule has 1 amide bonds. The van der Waals surface area contributed by atoms with Crippen LogP contribution in [0.1, 0.15) is 66.8 Å². The van der Waals surface area contributed by atoms with E-state index in [1.54, 1.807) is 18.7 Å². The van der Waals surface area contributed by atoms with Gasteiger partial charge in [0.25, 0.3) is 5.91 Å². The lowest BCUT2D eigenvalue weighted by atomic mass is 9.95. The standard InChI is InChI=1S/C24H33N3O4S/c1-13-14(2)16(4)23(17(5)15(13)3)32(30,31)27-11-9-26(10-12-27)24(29)22-18(6)21(20(8)28)19(7)25-22/h25H,9-12H2,1-8H3. The molecule has 1 aromatic carbocycles. The van der Waals surface area contributed by atoms with Crippen molar-refractivity contribution in [3.05, 3.63) is 50.3 Å². The van der Waals surface area contributed by atoms with Gasteiger partial charge in [-0.15, -0.1) is 0 Å². The zero-order valence-electron chi connectivity index (χ0n) is 20.3. The number of ketones is 1. The largest absolute Gasteiger partial charge is 0.354 e. The van der Waals surface area contributed by atoms with Crippen LogP contribution in [0.15, 0.2) is 4.90 Å². The van der Waals surface area contributed by atoms with Gasteiger partial charge in [0.05, 0.1) is 4.90 Å². The molecular weight excluding hydrogens is 426 g/mol. The van der Waals surface area contributed by atoms with Crippen LogP contribution in [0.4, 0.5) is 0 Å². The minimum atomic E-state index is -3.68. The number of aromatic nitrogens is 1. The highest BCUT2D eigenvalue weighted by Crippen LogP contribution is 2.32. The Hall–Kier alpha value is -2.45. The summed E-state index contributed by atoms with van der Waals surface area (Å²) in [6.45, 7) is 15.8. The third-order valence-corrected chi connectivity index (χ3v) is 9.23. The van der Waals surface area contributed by atoms with E-state index in [4.69, 9.17) is 0 Å². The molecule has 1 aliphatic heterocycles. The minimum Gasteiger partial charge on any atom is -0.354 e. The lowest BCUT2D eigenvalue weighted by Crippen LogP contribution is -2.50. The number of rotatable bonds is 4. The Morgan fingerprint density at radius 1 is 0.750 bits per heavy atom. The van der Waals surface area contributed by atoms with Crippen molar-refractivity contribution in [2.45, 2.75) is 60.3 Å². The van der Waals surface area contributed by atoms with Crippen molar-refractivity contribution in [2.75, 3.05) is 26.2 Å². The molecule has 174 valence electrons. The molecule has 2 aromatic rings. The van der Waals surface area contributed by atoms with Crippen LogP contribution >= 0.6 is 0 Å². The van der Waals surface area contributed by atoms with Crippen molar-refractivity contribution < 1.29 is 18.0 Å². The molecule has 0 saturated carbocycles. The van der Waals surface area contributed by atoms with Gasteiger partial charge in [-0.1, -0.05) is 0 Å². The number of aromatic amines is 1. The summed E-state index contributed by atoms with van der Waals surface area (Å²) in [4.78, 5) is 30.1. The molecule has 1 saturated heterocycles. The zero-order chi connectivity index (χ0) is 24.1. The summed E-state index contributed by atoms with van der Waals surface area (Å²) in [5, 5.41) is 0. The van der Waals surface area contributed by atoms with Crippen LogP contribution in [0.2, 0.25) is 0 Å². The van der Waals surface area contributed by atoms with Gasteiger partial charge >= 0.3 is 0 Å². The van der Waals surface area contributed by atoms with E-state index < -0.39 is 10.0 Å². The molecule has 8 heteroatoms. The molecule has 7 nitrogen and oxygen atoms in total.